The molecule has 2 aromatic rings. The van der Waals surface area contributed by atoms with Gasteiger partial charge < -0.3 is 10.2 Å². The van der Waals surface area contributed by atoms with E-state index in [1.165, 1.54) is 50.8 Å². The number of piperidine rings is 1. The van der Waals surface area contributed by atoms with E-state index in [0.717, 1.165) is 43.2 Å². The number of phenolic OH excluding ortho intramolecular Hbond substituents is 1. The van der Waals surface area contributed by atoms with Gasteiger partial charge in [-0.25, -0.2) is 0 Å². The van der Waals surface area contributed by atoms with Crippen molar-refractivity contribution in [2.75, 3.05) is 13.1 Å². The lowest BCUT2D eigenvalue weighted by Crippen LogP contribution is -2.44. The van der Waals surface area contributed by atoms with Crippen LogP contribution in [0.4, 0.5) is 0 Å². The number of rotatable bonds is 7. The van der Waals surface area contributed by atoms with E-state index in [9.17, 15) is 15.0 Å². The fraction of sp³-hybridized carbons (Fsp3) is 0.552. The van der Waals surface area contributed by atoms with Crippen molar-refractivity contribution in [1.82, 2.24) is 4.90 Å². The second kappa shape index (κ2) is 9.50. The van der Waals surface area contributed by atoms with Gasteiger partial charge in [0.25, 0.3) is 0 Å². The minimum Gasteiger partial charge on any atom is -0.507 e. The number of carboxylic acid groups (broad SMARTS) is 1. The summed E-state index contributed by atoms with van der Waals surface area (Å²) in [5.41, 5.74) is 2.97. The lowest BCUT2D eigenvalue weighted by molar-refractivity contribution is -0.136. The molecule has 0 amide bonds. The summed E-state index contributed by atoms with van der Waals surface area (Å²) < 4.78 is 0. The van der Waals surface area contributed by atoms with Gasteiger partial charge in [-0.15, -0.1) is 0 Å². The van der Waals surface area contributed by atoms with Crippen LogP contribution in [0.25, 0.3) is 0 Å². The van der Waals surface area contributed by atoms with Crippen molar-refractivity contribution < 1.29 is 15.0 Å². The van der Waals surface area contributed by atoms with Crippen LogP contribution in [0.2, 0.25) is 0 Å². The van der Waals surface area contributed by atoms with E-state index in [-0.39, 0.29) is 17.6 Å². The molecule has 1 heterocycles. The normalized spacial score (nSPS) is 26.8. The summed E-state index contributed by atoms with van der Waals surface area (Å²) in [4.78, 5) is 14.0. The Morgan fingerprint density at radius 1 is 0.939 bits per heavy atom. The van der Waals surface area contributed by atoms with E-state index in [2.05, 4.69) is 41.3 Å². The standard InChI is InChI=1S/C29H37NO3/c31-27(32)16-22-10-7-11-26(28(22)33)29(14-5-2-6-15-29)17-25-23-12-13-24(25)20-30(19-23)18-21-8-3-1-4-9-21/h1,3-4,7-11,23-25,33H,2,5-6,12-20H2,(H,31,32). The van der Waals surface area contributed by atoms with Crippen molar-refractivity contribution in [3.63, 3.8) is 0 Å². The molecule has 2 unspecified atom stereocenters. The maximum Gasteiger partial charge on any atom is 0.307 e. The van der Waals surface area contributed by atoms with Crippen molar-refractivity contribution in [3.05, 3.63) is 65.2 Å². The van der Waals surface area contributed by atoms with Crippen molar-refractivity contribution in [2.45, 2.75) is 69.7 Å². The highest BCUT2D eigenvalue weighted by Gasteiger charge is 2.47. The van der Waals surface area contributed by atoms with E-state index in [0.29, 0.717) is 11.5 Å². The van der Waals surface area contributed by atoms with E-state index < -0.39 is 5.97 Å². The number of carbonyl (C=O) groups is 1. The van der Waals surface area contributed by atoms with Gasteiger partial charge in [-0.1, -0.05) is 67.8 Å². The number of aliphatic carboxylic acids is 1. The maximum atomic E-state index is 11.3. The summed E-state index contributed by atoms with van der Waals surface area (Å²) >= 11 is 0. The van der Waals surface area contributed by atoms with Gasteiger partial charge in [-0.05, 0) is 60.8 Å². The number of benzene rings is 2. The first-order chi connectivity index (χ1) is 16.0. The summed E-state index contributed by atoms with van der Waals surface area (Å²) in [6.07, 6.45) is 9.56. The van der Waals surface area contributed by atoms with Gasteiger partial charge in [0.1, 0.15) is 5.75 Å². The van der Waals surface area contributed by atoms with Crippen LogP contribution in [0.15, 0.2) is 48.5 Å². The molecule has 33 heavy (non-hydrogen) atoms. The Morgan fingerprint density at radius 3 is 2.30 bits per heavy atom. The molecule has 2 atom stereocenters. The Kier molecular flexibility index (Phi) is 6.47. The van der Waals surface area contributed by atoms with Crippen LogP contribution < -0.4 is 0 Å². The van der Waals surface area contributed by atoms with E-state index in [1.54, 1.807) is 6.07 Å². The van der Waals surface area contributed by atoms with Crippen molar-refractivity contribution in [2.24, 2.45) is 17.8 Å². The molecule has 3 fully saturated rings. The summed E-state index contributed by atoms with van der Waals surface area (Å²) in [7, 11) is 0. The Bertz CT molecular complexity index is 952. The highest BCUT2D eigenvalue weighted by molar-refractivity contribution is 5.71. The number of likely N-dealkylation sites (tertiary alicyclic amines) is 1. The summed E-state index contributed by atoms with van der Waals surface area (Å²) in [5.74, 6) is 1.53. The number of carboxylic acids is 1. The number of para-hydroxylation sites is 1. The lowest BCUT2D eigenvalue weighted by atomic mass is 9.62. The average Bonchev–Trinajstić information content (AvgIpc) is 3.03. The van der Waals surface area contributed by atoms with Crippen molar-refractivity contribution in [3.8, 4) is 5.75 Å². The zero-order valence-electron chi connectivity index (χ0n) is 19.6. The van der Waals surface area contributed by atoms with Crippen LogP contribution in [0.3, 0.4) is 0 Å². The molecule has 4 heteroatoms. The number of hydrogen-bond acceptors (Lipinski definition) is 3. The van der Waals surface area contributed by atoms with Crippen LogP contribution in [-0.2, 0) is 23.2 Å². The summed E-state index contributed by atoms with van der Waals surface area (Å²) in [6, 6.07) is 16.6. The third-order valence-electron chi connectivity index (χ3n) is 8.82. The molecule has 2 aliphatic carbocycles. The number of nitrogens with zero attached hydrogens (tertiary/aromatic N) is 1. The zero-order valence-corrected chi connectivity index (χ0v) is 19.6. The first-order valence-electron chi connectivity index (χ1n) is 12.8. The largest absolute Gasteiger partial charge is 0.507 e. The summed E-state index contributed by atoms with van der Waals surface area (Å²) in [6.45, 7) is 3.40. The molecular formula is C29H37NO3. The third kappa shape index (κ3) is 4.68. The number of aromatic hydroxyl groups is 1. The molecule has 2 bridgehead atoms. The molecular weight excluding hydrogens is 410 g/mol. The van der Waals surface area contributed by atoms with Gasteiger partial charge in [0, 0.05) is 30.8 Å². The van der Waals surface area contributed by atoms with Gasteiger partial charge in [0.15, 0.2) is 0 Å². The topological polar surface area (TPSA) is 60.8 Å². The van der Waals surface area contributed by atoms with Crippen LogP contribution in [0, 0.1) is 17.8 Å². The van der Waals surface area contributed by atoms with E-state index in [4.69, 9.17) is 0 Å². The highest BCUT2D eigenvalue weighted by atomic mass is 16.4. The number of phenols is 1. The molecule has 5 rings (SSSR count). The number of hydrogen-bond donors (Lipinski definition) is 2. The van der Waals surface area contributed by atoms with Crippen molar-refractivity contribution in [1.29, 1.82) is 0 Å². The average molecular weight is 448 g/mol. The quantitative estimate of drug-likeness (QED) is 0.566. The van der Waals surface area contributed by atoms with E-state index >= 15 is 0 Å². The van der Waals surface area contributed by atoms with Crippen LogP contribution in [0.1, 0.15) is 68.1 Å². The van der Waals surface area contributed by atoms with Crippen molar-refractivity contribution >= 4 is 5.97 Å². The molecule has 2 saturated carbocycles. The van der Waals surface area contributed by atoms with Gasteiger partial charge in [0.2, 0.25) is 0 Å². The van der Waals surface area contributed by atoms with E-state index in [1.807, 2.05) is 6.07 Å². The molecule has 0 spiro atoms. The molecule has 0 aromatic heterocycles. The zero-order chi connectivity index (χ0) is 22.8. The van der Waals surface area contributed by atoms with Gasteiger partial charge >= 0.3 is 5.97 Å². The highest BCUT2D eigenvalue weighted by Crippen LogP contribution is 2.54. The number of fused-ring (bicyclic) bond motifs is 2. The first-order valence-corrected chi connectivity index (χ1v) is 12.8. The van der Waals surface area contributed by atoms with Crippen LogP contribution in [-0.4, -0.2) is 34.2 Å². The smallest absolute Gasteiger partial charge is 0.307 e. The lowest BCUT2D eigenvalue weighted by Gasteiger charge is -2.46. The Hall–Kier alpha value is -2.33. The Balaban J connectivity index is 1.37. The van der Waals surface area contributed by atoms with Gasteiger partial charge in [-0.3, -0.25) is 9.69 Å². The second-order valence-corrected chi connectivity index (χ2v) is 10.9. The first kappa shape index (κ1) is 22.5. The molecule has 1 saturated heterocycles. The minimum absolute atomic E-state index is 0.00997. The Morgan fingerprint density at radius 2 is 1.64 bits per heavy atom. The molecule has 1 aliphatic heterocycles. The van der Waals surface area contributed by atoms with Crippen LogP contribution >= 0.6 is 0 Å². The molecule has 4 nitrogen and oxygen atoms in total. The molecule has 3 aliphatic rings. The second-order valence-electron chi connectivity index (χ2n) is 10.9. The SMILES string of the molecule is O=C(O)Cc1cccc(C2(CC3C4CCC3CN(Cc3ccccc3)C4)CCCCC2)c1O. The summed E-state index contributed by atoms with van der Waals surface area (Å²) in [5, 5.41) is 20.5. The van der Waals surface area contributed by atoms with Gasteiger partial charge in [0.05, 0.1) is 6.42 Å². The minimum atomic E-state index is -0.885. The monoisotopic (exact) mass is 447 g/mol. The molecule has 176 valence electrons. The van der Waals surface area contributed by atoms with Crippen LogP contribution in [0.5, 0.6) is 5.75 Å². The molecule has 2 aromatic carbocycles. The van der Waals surface area contributed by atoms with Gasteiger partial charge in [-0.2, -0.15) is 0 Å². The Labute approximate surface area is 197 Å². The third-order valence-corrected chi connectivity index (χ3v) is 8.82. The maximum absolute atomic E-state index is 11.3. The molecule has 2 N–H and O–H groups in total. The predicted molar refractivity (Wildman–Crippen MR) is 130 cm³/mol. The fourth-order valence-electron chi connectivity index (χ4n) is 7.32. The molecule has 0 radical (unpaired) electrons. The predicted octanol–water partition coefficient (Wildman–Crippen LogP) is 5.77. The fourth-order valence-corrected chi connectivity index (χ4v) is 7.32.